The Kier molecular flexibility index (Phi) is 6.87. The second-order valence-corrected chi connectivity index (χ2v) is 8.51. The molecule has 37 heavy (non-hydrogen) atoms. The molecule has 0 bridgehead atoms. The number of aromatic amines is 2. The molecule has 1 atom stereocenters. The molecule has 190 valence electrons. The summed E-state index contributed by atoms with van der Waals surface area (Å²) in [4.78, 5) is 56.5. The third-order valence-corrected chi connectivity index (χ3v) is 6.22. The van der Waals surface area contributed by atoms with E-state index >= 15 is 0 Å². The molecular formula is C26H24N4O7. The fourth-order valence-corrected chi connectivity index (χ4v) is 4.52. The Labute approximate surface area is 211 Å². The maximum Gasteiger partial charge on any atom is 0.355 e. The van der Waals surface area contributed by atoms with Crippen LogP contribution in [0, 0.1) is 24.0 Å². The smallest absolute Gasteiger partial charge is 0.355 e. The van der Waals surface area contributed by atoms with E-state index in [2.05, 4.69) is 9.97 Å². The topological polar surface area (TPSA) is 160 Å². The molecule has 3 aromatic rings. The molecule has 4 rings (SSSR count). The Balaban J connectivity index is 1.89. The van der Waals surface area contributed by atoms with Gasteiger partial charge in [0.15, 0.2) is 12.4 Å². The van der Waals surface area contributed by atoms with E-state index in [-0.39, 0.29) is 35.7 Å². The molecule has 11 heteroatoms. The number of esters is 1. The highest BCUT2D eigenvalue weighted by atomic mass is 16.6. The van der Waals surface area contributed by atoms with Crippen molar-refractivity contribution in [2.24, 2.45) is 0 Å². The first-order chi connectivity index (χ1) is 17.6. The van der Waals surface area contributed by atoms with Gasteiger partial charge in [0.25, 0.3) is 11.6 Å². The number of ketones is 1. The van der Waals surface area contributed by atoms with Crippen molar-refractivity contribution in [2.45, 2.75) is 33.4 Å². The fraction of sp³-hybridized carbons (Fsp3) is 0.231. The van der Waals surface area contributed by atoms with Crippen LogP contribution in [0.25, 0.3) is 5.76 Å². The summed E-state index contributed by atoms with van der Waals surface area (Å²) in [6.45, 7) is 4.95. The van der Waals surface area contributed by atoms with Crippen LogP contribution in [-0.2, 0) is 20.9 Å². The number of hydrogen-bond donors (Lipinski definition) is 1. The van der Waals surface area contributed by atoms with Gasteiger partial charge in [0, 0.05) is 35.0 Å². The number of rotatable bonds is 7. The number of nitro groups is 1. The molecule has 2 aromatic heterocycles. The lowest BCUT2D eigenvalue weighted by atomic mass is 9.94. The number of pyridine rings is 1. The number of aryl methyl sites for hydroxylation is 1. The van der Waals surface area contributed by atoms with Crippen molar-refractivity contribution in [3.8, 4) is 0 Å². The molecule has 1 unspecified atom stereocenters. The van der Waals surface area contributed by atoms with Crippen molar-refractivity contribution < 1.29 is 34.1 Å². The monoisotopic (exact) mass is 504 g/mol. The lowest BCUT2D eigenvalue weighted by molar-refractivity contribution is -0.384. The van der Waals surface area contributed by atoms with Gasteiger partial charge in [-0.25, -0.2) is 9.78 Å². The molecule has 0 radical (unpaired) electrons. The van der Waals surface area contributed by atoms with E-state index in [9.17, 15) is 29.6 Å². The van der Waals surface area contributed by atoms with Crippen LogP contribution in [0.4, 0.5) is 5.69 Å². The normalized spacial score (nSPS) is 16.7. The fourth-order valence-electron chi connectivity index (χ4n) is 4.52. The lowest BCUT2D eigenvalue weighted by Crippen LogP contribution is -2.29. The second kappa shape index (κ2) is 10.1. The van der Waals surface area contributed by atoms with Gasteiger partial charge in [-0.05, 0) is 55.7 Å². The predicted octanol–water partition coefficient (Wildman–Crippen LogP) is 1.95. The van der Waals surface area contributed by atoms with Gasteiger partial charge in [-0.2, -0.15) is 0 Å². The molecule has 0 spiro atoms. The molecule has 1 aromatic carbocycles. The first-order valence-electron chi connectivity index (χ1n) is 11.5. The molecule has 1 fully saturated rings. The number of nitro benzene ring substituents is 1. The van der Waals surface area contributed by atoms with E-state index in [0.29, 0.717) is 22.4 Å². The van der Waals surface area contributed by atoms with E-state index in [1.165, 1.54) is 29.2 Å². The summed E-state index contributed by atoms with van der Waals surface area (Å²) in [5, 5.41) is 25.0. The molecular weight excluding hydrogens is 480 g/mol. The minimum absolute atomic E-state index is 0.0134. The number of benzene rings is 1. The Morgan fingerprint density at radius 3 is 2.49 bits per heavy atom. The van der Waals surface area contributed by atoms with E-state index < -0.39 is 34.4 Å². The first-order valence-corrected chi connectivity index (χ1v) is 11.5. The van der Waals surface area contributed by atoms with Crippen molar-refractivity contribution >= 4 is 29.1 Å². The summed E-state index contributed by atoms with van der Waals surface area (Å²) >= 11 is 0. The van der Waals surface area contributed by atoms with Gasteiger partial charge in [-0.3, -0.25) is 19.7 Å². The van der Waals surface area contributed by atoms with Gasteiger partial charge in [-0.15, -0.1) is 0 Å². The second-order valence-electron chi connectivity index (χ2n) is 8.51. The predicted molar refractivity (Wildman–Crippen MR) is 128 cm³/mol. The molecule has 1 saturated heterocycles. The number of Topliss-reactive ketones (excluding diaryl/α,β-unsaturated/α-hetero) is 1. The minimum Gasteiger partial charge on any atom is -0.872 e. The lowest BCUT2D eigenvalue weighted by Gasteiger charge is -2.27. The van der Waals surface area contributed by atoms with Gasteiger partial charge in [0.1, 0.15) is 5.69 Å². The van der Waals surface area contributed by atoms with Crippen LogP contribution < -0.4 is 10.1 Å². The summed E-state index contributed by atoms with van der Waals surface area (Å²) in [7, 11) is 0. The third-order valence-electron chi connectivity index (χ3n) is 6.22. The molecule has 3 heterocycles. The maximum absolute atomic E-state index is 13.9. The summed E-state index contributed by atoms with van der Waals surface area (Å²) in [6, 6.07) is 7.76. The van der Waals surface area contributed by atoms with Gasteiger partial charge >= 0.3 is 5.97 Å². The van der Waals surface area contributed by atoms with Crippen molar-refractivity contribution in [3.63, 3.8) is 0 Å². The number of amides is 1. The largest absolute Gasteiger partial charge is 0.872 e. The van der Waals surface area contributed by atoms with E-state index in [1.54, 1.807) is 45.3 Å². The highest BCUT2D eigenvalue weighted by Crippen LogP contribution is 2.41. The van der Waals surface area contributed by atoms with E-state index in [1.807, 2.05) is 0 Å². The zero-order chi connectivity index (χ0) is 26.9. The minimum atomic E-state index is -1.09. The van der Waals surface area contributed by atoms with Gasteiger partial charge in [0.05, 0.1) is 24.1 Å². The zero-order valence-electron chi connectivity index (χ0n) is 20.4. The molecule has 1 amide bonds. The standard InChI is InChI=1S/C26H24N4O7/c1-4-37-26(34)21-14(2)19(15(3)28-21)23(31)20-22(17-7-9-18(10-8-17)30(35)36)29(25(33)24(20)32)13-16-6-5-11-27-12-16/h5-12,22,28,31H,4,13H2,1-3H3/b23-20+. The summed E-state index contributed by atoms with van der Waals surface area (Å²) in [5.41, 5.74) is 1.41. The summed E-state index contributed by atoms with van der Waals surface area (Å²) in [5.74, 6) is -3.18. The first kappa shape index (κ1) is 25.3. The molecule has 1 aliphatic rings. The van der Waals surface area contributed by atoms with Crippen molar-refractivity contribution in [2.75, 3.05) is 6.61 Å². The average Bonchev–Trinajstić information content (AvgIpc) is 3.32. The van der Waals surface area contributed by atoms with Crippen LogP contribution in [0.3, 0.4) is 0 Å². The number of nitrogens with zero attached hydrogens (tertiary/aromatic N) is 2. The summed E-state index contributed by atoms with van der Waals surface area (Å²) < 4.78 is 5.05. The Morgan fingerprint density at radius 2 is 1.89 bits per heavy atom. The SMILES string of the molecule is CCOC(=O)c1[nH]c(C)c(/C([O-])=C2\C(=O)C(=O)N(Cc3ccc[nH+]c3)C2c2ccc([N+](=O)[O-])cc2)c1C. The van der Waals surface area contributed by atoms with E-state index in [4.69, 9.17) is 4.74 Å². The summed E-state index contributed by atoms with van der Waals surface area (Å²) in [6.07, 6.45) is 3.35. The van der Waals surface area contributed by atoms with Gasteiger partial charge < -0.3 is 19.7 Å². The Morgan fingerprint density at radius 1 is 1.19 bits per heavy atom. The quantitative estimate of drug-likeness (QED) is 0.128. The molecule has 0 aliphatic carbocycles. The van der Waals surface area contributed by atoms with Crippen LogP contribution in [0.5, 0.6) is 0 Å². The highest BCUT2D eigenvalue weighted by molar-refractivity contribution is 6.46. The number of aromatic nitrogens is 2. The van der Waals surface area contributed by atoms with Crippen LogP contribution >= 0.6 is 0 Å². The average molecular weight is 504 g/mol. The number of likely N-dealkylation sites (tertiary alicyclic amines) is 1. The number of ether oxygens (including phenoxy) is 1. The Bertz CT molecular complexity index is 1430. The van der Waals surface area contributed by atoms with Crippen molar-refractivity contribution in [1.29, 1.82) is 0 Å². The zero-order valence-corrected chi connectivity index (χ0v) is 20.4. The highest BCUT2D eigenvalue weighted by Gasteiger charge is 2.44. The number of hydrogen-bond acceptors (Lipinski definition) is 7. The van der Waals surface area contributed by atoms with Crippen LogP contribution in [0.15, 0.2) is 54.4 Å². The Hall–Kier alpha value is -4.80. The number of carbonyl (C=O) groups is 3. The van der Waals surface area contributed by atoms with Crippen LogP contribution in [-0.4, -0.2) is 39.1 Å². The molecule has 0 saturated carbocycles. The number of non-ortho nitro benzene ring substituents is 1. The molecule has 2 N–H and O–H groups in total. The number of nitrogens with one attached hydrogen (secondary N) is 2. The van der Waals surface area contributed by atoms with Gasteiger partial charge in [-0.1, -0.05) is 5.76 Å². The third kappa shape index (κ3) is 4.58. The van der Waals surface area contributed by atoms with E-state index in [0.717, 1.165) is 0 Å². The maximum atomic E-state index is 13.9. The van der Waals surface area contributed by atoms with Crippen LogP contribution in [0.1, 0.15) is 51.4 Å². The molecule has 11 nitrogen and oxygen atoms in total. The number of carbonyl (C=O) groups excluding carboxylic acids is 3. The van der Waals surface area contributed by atoms with Crippen LogP contribution in [0.2, 0.25) is 0 Å². The molecule has 1 aliphatic heterocycles. The van der Waals surface area contributed by atoms with Gasteiger partial charge in [0.2, 0.25) is 5.78 Å². The number of H-pyrrole nitrogens is 2. The van der Waals surface area contributed by atoms with Crippen molar-refractivity contribution in [3.05, 3.63) is 98.1 Å². The van der Waals surface area contributed by atoms with Crippen molar-refractivity contribution in [1.82, 2.24) is 9.88 Å².